The van der Waals surface area contributed by atoms with Crippen LogP contribution in [-0.4, -0.2) is 18.8 Å². The van der Waals surface area contributed by atoms with Gasteiger partial charge in [0, 0.05) is 17.6 Å². The number of hydrogen-bond acceptors (Lipinski definition) is 1. The van der Waals surface area contributed by atoms with Gasteiger partial charge < -0.3 is 4.90 Å². The van der Waals surface area contributed by atoms with E-state index in [4.69, 9.17) is 11.6 Å². The maximum Gasteiger partial charge on any atom is 0.418 e. The molecule has 0 fully saturated rings. The summed E-state index contributed by atoms with van der Waals surface area (Å²) >= 11 is 5.49. The molecule has 8 heteroatoms. The number of alkyl halides is 7. The van der Waals surface area contributed by atoms with Crippen molar-refractivity contribution in [3.63, 3.8) is 0 Å². The predicted molar refractivity (Wildman–Crippen MR) is 69.5 cm³/mol. The number of hydrogen-bond donors (Lipinski definition) is 0. The third-order valence-electron chi connectivity index (χ3n) is 2.80. The molecule has 0 heterocycles. The van der Waals surface area contributed by atoms with Gasteiger partial charge in [-0.15, -0.1) is 11.6 Å². The van der Waals surface area contributed by atoms with Gasteiger partial charge in [-0.3, -0.25) is 0 Å². The maximum absolute atomic E-state index is 13.1. The first-order chi connectivity index (χ1) is 9.45. The van der Waals surface area contributed by atoms with Crippen LogP contribution >= 0.6 is 11.6 Å². The normalized spacial score (nSPS) is 12.9. The summed E-state index contributed by atoms with van der Waals surface area (Å²) in [7, 11) is 0. The number of rotatable bonds is 4. The molecule has 0 saturated heterocycles. The van der Waals surface area contributed by atoms with E-state index in [1.54, 1.807) is 0 Å². The minimum absolute atomic E-state index is 0.149. The van der Waals surface area contributed by atoms with Crippen molar-refractivity contribution in [2.24, 2.45) is 0 Å². The molecule has 0 aliphatic heterocycles. The first kappa shape index (κ1) is 17.9. The Labute approximate surface area is 123 Å². The van der Waals surface area contributed by atoms with E-state index in [1.165, 1.54) is 19.9 Å². The van der Waals surface area contributed by atoms with E-state index in [1.807, 2.05) is 0 Å². The second-order valence-electron chi connectivity index (χ2n) is 4.82. The molecule has 120 valence electrons. The van der Waals surface area contributed by atoms with Gasteiger partial charge in [-0.1, -0.05) is 6.07 Å². The topological polar surface area (TPSA) is 3.24 Å². The minimum Gasteiger partial charge on any atom is -0.360 e. The molecule has 1 aromatic rings. The van der Waals surface area contributed by atoms with Crippen LogP contribution in [0.1, 0.15) is 25.0 Å². The largest absolute Gasteiger partial charge is 0.418 e. The molecule has 0 aliphatic rings. The molecular weight excluding hydrogens is 320 g/mol. The summed E-state index contributed by atoms with van der Waals surface area (Å²) in [5.41, 5.74) is -1.41. The van der Waals surface area contributed by atoms with E-state index >= 15 is 0 Å². The fourth-order valence-electron chi connectivity index (χ4n) is 1.88. The highest BCUT2D eigenvalue weighted by Crippen LogP contribution is 2.39. The highest BCUT2D eigenvalue weighted by Gasteiger charge is 2.38. The fourth-order valence-corrected chi connectivity index (χ4v) is 2.05. The standard InChI is InChI=1S/C13H14ClF6N/c1-8(2)21(7-12(15,16)17)11-4-3-9(6-14)5-10(11)13(18,19)20/h3-5,8H,6-7H2,1-2H3. The summed E-state index contributed by atoms with van der Waals surface area (Å²) in [6.07, 6.45) is -9.35. The van der Waals surface area contributed by atoms with Crippen molar-refractivity contribution in [2.45, 2.75) is 38.1 Å². The molecule has 0 aromatic heterocycles. The van der Waals surface area contributed by atoms with Gasteiger partial charge in [0.1, 0.15) is 6.54 Å². The zero-order chi connectivity index (χ0) is 16.4. The summed E-state index contributed by atoms with van der Waals surface area (Å²) in [5, 5.41) is 0. The van der Waals surface area contributed by atoms with Crippen molar-refractivity contribution in [3.05, 3.63) is 29.3 Å². The van der Waals surface area contributed by atoms with Crippen LogP contribution in [0, 0.1) is 0 Å². The van der Waals surface area contributed by atoms with E-state index in [2.05, 4.69) is 0 Å². The second-order valence-corrected chi connectivity index (χ2v) is 5.09. The molecule has 21 heavy (non-hydrogen) atoms. The first-order valence-electron chi connectivity index (χ1n) is 6.05. The van der Waals surface area contributed by atoms with Crippen molar-refractivity contribution < 1.29 is 26.3 Å². The SMILES string of the molecule is CC(C)N(CC(F)(F)F)c1ccc(CCl)cc1C(F)(F)F. The van der Waals surface area contributed by atoms with Crippen LogP contribution in [0.4, 0.5) is 32.0 Å². The average Bonchev–Trinajstić information content (AvgIpc) is 2.33. The van der Waals surface area contributed by atoms with Crippen LogP contribution in [0.25, 0.3) is 0 Å². The number of benzene rings is 1. The van der Waals surface area contributed by atoms with Crippen LogP contribution in [0.2, 0.25) is 0 Å². The smallest absolute Gasteiger partial charge is 0.360 e. The van der Waals surface area contributed by atoms with Gasteiger partial charge in [0.2, 0.25) is 0 Å². The monoisotopic (exact) mass is 333 g/mol. The van der Waals surface area contributed by atoms with Gasteiger partial charge >= 0.3 is 12.4 Å². The zero-order valence-corrected chi connectivity index (χ0v) is 12.1. The highest BCUT2D eigenvalue weighted by atomic mass is 35.5. The van der Waals surface area contributed by atoms with Crippen LogP contribution in [0.5, 0.6) is 0 Å². The third kappa shape index (κ3) is 4.98. The molecule has 0 atom stereocenters. The van der Waals surface area contributed by atoms with E-state index in [0.29, 0.717) is 4.90 Å². The second kappa shape index (κ2) is 6.34. The summed E-state index contributed by atoms with van der Waals surface area (Å²) in [6, 6.07) is 2.37. The van der Waals surface area contributed by atoms with Crippen LogP contribution in [0.3, 0.4) is 0 Å². The summed E-state index contributed by atoms with van der Waals surface area (Å²) < 4.78 is 77.0. The lowest BCUT2D eigenvalue weighted by molar-refractivity contribution is -0.138. The number of nitrogens with zero attached hydrogens (tertiary/aromatic N) is 1. The van der Waals surface area contributed by atoms with Crippen LogP contribution in [0.15, 0.2) is 18.2 Å². The molecule has 0 spiro atoms. The van der Waals surface area contributed by atoms with Crippen molar-refractivity contribution in [1.29, 1.82) is 0 Å². The van der Waals surface area contributed by atoms with Crippen LogP contribution in [-0.2, 0) is 12.1 Å². The van der Waals surface area contributed by atoms with Crippen molar-refractivity contribution >= 4 is 17.3 Å². The molecule has 0 radical (unpaired) electrons. The number of halogens is 7. The Morgan fingerprint density at radius 2 is 1.67 bits per heavy atom. The van der Waals surface area contributed by atoms with Crippen molar-refractivity contribution in [2.75, 3.05) is 11.4 Å². The Morgan fingerprint density at radius 3 is 2.05 bits per heavy atom. The molecule has 1 rings (SSSR count). The van der Waals surface area contributed by atoms with E-state index in [0.717, 1.165) is 12.1 Å². The predicted octanol–water partition coefficient (Wildman–Crippen LogP) is 5.22. The van der Waals surface area contributed by atoms with Gasteiger partial charge in [-0.05, 0) is 31.5 Å². The summed E-state index contributed by atoms with van der Waals surface area (Å²) in [6.45, 7) is 1.36. The Hall–Kier alpha value is -1.11. The summed E-state index contributed by atoms with van der Waals surface area (Å²) in [5.74, 6) is -0.149. The fraction of sp³-hybridized carbons (Fsp3) is 0.538. The molecule has 0 aliphatic carbocycles. The van der Waals surface area contributed by atoms with Gasteiger partial charge in [0.25, 0.3) is 0 Å². The Bertz CT molecular complexity index is 481. The lowest BCUT2D eigenvalue weighted by Gasteiger charge is -2.32. The van der Waals surface area contributed by atoms with E-state index in [9.17, 15) is 26.3 Å². The molecule has 0 saturated carbocycles. The quantitative estimate of drug-likeness (QED) is 0.539. The number of anilines is 1. The van der Waals surface area contributed by atoms with E-state index in [-0.39, 0.29) is 11.4 Å². The van der Waals surface area contributed by atoms with Gasteiger partial charge in [0.05, 0.1) is 5.56 Å². The Morgan fingerprint density at radius 1 is 1.10 bits per heavy atom. The molecule has 0 N–H and O–H groups in total. The van der Waals surface area contributed by atoms with Gasteiger partial charge in [0.15, 0.2) is 0 Å². The molecule has 0 amide bonds. The Kier molecular flexibility index (Phi) is 5.41. The maximum atomic E-state index is 13.1. The van der Waals surface area contributed by atoms with E-state index < -0.39 is 36.2 Å². The molecule has 1 aromatic carbocycles. The highest BCUT2D eigenvalue weighted by molar-refractivity contribution is 6.17. The first-order valence-corrected chi connectivity index (χ1v) is 6.58. The molecule has 0 unspecified atom stereocenters. The lowest BCUT2D eigenvalue weighted by Crippen LogP contribution is -2.40. The minimum atomic E-state index is -4.75. The van der Waals surface area contributed by atoms with Gasteiger partial charge in [-0.2, -0.15) is 26.3 Å². The van der Waals surface area contributed by atoms with Crippen molar-refractivity contribution in [3.8, 4) is 0 Å². The van der Waals surface area contributed by atoms with Gasteiger partial charge in [-0.25, -0.2) is 0 Å². The Balaban J connectivity index is 3.37. The average molecular weight is 334 g/mol. The molecule has 1 nitrogen and oxygen atoms in total. The lowest BCUT2D eigenvalue weighted by atomic mass is 10.1. The zero-order valence-electron chi connectivity index (χ0n) is 11.3. The van der Waals surface area contributed by atoms with Crippen molar-refractivity contribution in [1.82, 2.24) is 0 Å². The molecule has 0 bridgehead atoms. The third-order valence-corrected chi connectivity index (χ3v) is 3.11. The molecular formula is C13H14ClF6N. The van der Waals surface area contributed by atoms with Crippen LogP contribution < -0.4 is 4.90 Å². The summed E-state index contributed by atoms with van der Waals surface area (Å²) in [4.78, 5) is 0.681.